The third-order valence-electron chi connectivity index (χ3n) is 1.17. The van der Waals surface area contributed by atoms with Crippen LogP contribution in [-0.4, -0.2) is 19.4 Å². The van der Waals surface area contributed by atoms with Crippen LogP contribution in [0.2, 0.25) is 0 Å². The van der Waals surface area contributed by atoms with Gasteiger partial charge in [-0.05, 0) is 12.1 Å². The smallest absolute Gasteiger partial charge is 0.252 e. The molecule has 0 bridgehead atoms. The lowest BCUT2D eigenvalue weighted by atomic mass is 10.2. The molecule has 14 heavy (non-hydrogen) atoms. The standard InChI is InChI=1S/C7H7NO2.H3NO2S/c8-7(10)5-3-1-2-4-6(5)9;1-4(2)3/h1-4,9H,(H2,8,10);4H,(H2,1,2,3). The Bertz CT molecular complexity index is 381. The summed E-state index contributed by atoms with van der Waals surface area (Å²) in [6.45, 7) is 0. The van der Waals surface area contributed by atoms with E-state index in [0.29, 0.717) is 0 Å². The highest BCUT2D eigenvalue weighted by molar-refractivity contribution is 7.69. The molecule has 0 spiro atoms. The lowest BCUT2D eigenvalue weighted by Gasteiger charge is -1.96. The van der Waals surface area contributed by atoms with E-state index < -0.39 is 16.8 Å². The third-order valence-corrected chi connectivity index (χ3v) is 1.17. The number of carbonyl (C=O) groups excluding carboxylic acids is 1. The largest absolute Gasteiger partial charge is 0.507 e. The maximum Gasteiger partial charge on any atom is 0.252 e. The van der Waals surface area contributed by atoms with E-state index in [9.17, 15) is 4.79 Å². The molecule has 0 heterocycles. The number of nitrogens with two attached hydrogens (primary N) is 2. The first-order valence-corrected chi connectivity index (χ1v) is 4.66. The maximum absolute atomic E-state index is 10.5. The number of rotatable bonds is 1. The Morgan fingerprint density at radius 3 is 2.00 bits per heavy atom. The summed E-state index contributed by atoms with van der Waals surface area (Å²) in [7, 11) is -2.62. The summed E-state index contributed by atoms with van der Waals surface area (Å²) in [6, 6.07) is 6.15. The molecule has 0 unspecified atom stereocenters. The lowest BCUT2D eigenvalue weighted by Crippen LogP contribution is -2.10. The molecule has 0 aliphatic rings. The van der Waals surface area contributed by atoms with Crippen molar-refractivity contribution < 1.29 is 18.3 Å². The van der Waals surface area contributed by atoms with Crippen molar-refractivity contribution in [3.63, 3.8) is 0 Å². The second-order valence-electron chi connectivity index (χ2n) is 2.17. The van der Waals surface area contributed by atoms with Crippen molar-refractivity contribution in [2.24, 2.45) is 10.9 Å². The van der Waals surface area contributed by atoms with Gasteiger partial charge in [0.15, 0.2) is 10.9 Å². The molecule has 0 aliphatic heterocycles. The fourth-order valence-electron chi connectivity index (χ4n) is 0.682. The number of thiol groups is 1. The van der Waals surface area contributed by atoms with Crippen LogP contribution in [0.15, 0.2) is 24.3 Å². The van der Waals surface area contributed by atoms with Gasteiger partial charge in [-0.25, -0.2) is 13.6 Å². The van der Waals surface area contributed by atoms with Gasteiger partial charge in [0.2, 0.25) is 0 Å². The highest BCUT2D eigenvalue weighted by atomic mass is 32.2. The van der Waals surface area contributed by atoms with Crippen LogP contribution >= 0.6 is 0 Å². The van der Waals surface area contributed by atoms with Gasteiger partial charge in [-0.3, -0.25) is 4.79 Å². The number of hydrogen-bond acceptors (Lipinski definition) is 4. The summed E-state index contributed by atoms with van der Waals surface area (Å²) in [5.41, 5.74) is 5.07. The second-order valence-corrected chi connectivity index (χ2v) is 2.74. The van der Waals surface area contributed by atoms with Crippen molar-refractivity contribution in [2.75, 3.05) is 0 Å². The van der Waals surface area contributed by atoms with E-state index in [0.717, 1.165) is 0 Å². The van der Waals surface area contributed by atoms with E-state index in [2.05, 4.69) is 5.14 Å². The summed E-state index contributed by atoms with van der Waals surface area (Å²) in [6.07, 6.45) is 0. The van der Waals surface area contributed by atoms with E-state index in [1.807, 2.05) is 0 Å². The molecule has 0 aromatic heterocycles. The van der Waals surface area contributed by atoms with Crippen LogP contribution in [-0.2, 0) is 10.9 Å². The van der Waals surface area contributed by atoms with E-state index in [1.165, 1.54) is 12.1 Å². The molecule has 78 valence electrons. The molecule has 5 N–H and O–H groups in total. The first-order chi connectivity index (χ1) is 6.45. The molecule has 0 fully saturated rings. The molecule has 0 atom stereocenters. The molecule has 1 rings (SSSR count). The van der Waals surface area contributed by atoms with Gasteiger partial charge in [0.1, 0.15) is 5.75 Å². The number of amides is 1. The number of carbonyl (C=O) groups is 1. The number of para-hydroxylation sites is 1. The van der Waals surface area contributed by atoms with E-state index in [-0.39, 0.29) is 11.3 Å². The molecule has 1 aromatic rings. The average Bonchev–Trinajstić information content (AvgIpc) is 2.03. The Morgan fingerprint density at radius 2 is 1.71 bits per heavy atom. The third kappa shape index (κ3) is 5.12. The predicted molar refractivity (Wildman–Crippen MR) is 51.1 cm³/mol. The van der Waals surface area contributed by atoms with Crippen LogP contribution in [0.25, 0.3) is 0 Å². The summed E-state index contributed by atoms with van der Waals surface area (Å²) in [4.78, 5) is 10.5. The number of primary amides is 1. The van der Waals surface area contributed by atoms with Gasteiger partial charge in [-0.2, -0.15) is 0 Å². The zero-order valence-corrected chi connectivity index (χ0v) is 7.98. The van der Waals surface area contributed by atoms with Gasteiger partial charge in [-0.15, -0.1) is 0 Å². The summed E-state index contributed by atoms with van der Waals surface area (Å²) < 4.78 is 17.6. The Kier molecular flexibility index (Phi) is 5.27. The van der Waals surface area contributed by atoms with Crippen LogP contribution in [0.4, 0.5) is 0 Å². The van der Waals surface area contributed by atoms with Crippen molar-refractivity contribution in [1.29, 1.82) is 0 Å². The zero-order valence-electron chi connectivity index (χ0n) is 7.08. The minimum absolute atomic E-state index is 0.0741. The van der Waals surface area contributed by atoms with Crippen molar-refractivity contribution in [3.8, 4) is 5.75 Å². The summed E-state index contributed by atoms with van der Waals surface area (Å²) >= 11 is 0. The van der Waals surface area contributed by atoms with Gasteiger partial charge in [-0.1, -0.05) is 12.1 Å². The Morgan fingerprint density at radius 1 is 1.29 bits per heavy atom. The Hall–Kier alpha value is -1.60. The molecular weight excluding hydrogens is 208 g/mol. The first-order valence-electron chi connectivity index (χ1n) is 3.42. The van der Waals surface area contributed by atoms with Crippen molar-refractivity contribution in [2.45, 2.75) is 0 Å². The van der Waals surface area contributed by atoms with Gasteiger partial charge in [0.05, 0.1) is 5.56 Å². The van der Waals surface area contributed by atoms with Crippen LogP contribution < -0.4 is 10.9 Å². The molecule has 0 aliphatic carbocycles. The minimum atomic E-state index is -2.62. The minimum Gasteiger partial charge on any atom is -0.507 e. The average molecular weight is 218 g/mol. The first kappa shape index (κ1) is 12.4. The molecule has 1 aromatic carbocycles. The molecule has 0 saturated carbocycles. The lowest BCUT2D eigenvalue weighted by molar-refractivity contribution is 0.0998. The van der Waals surface area contributed by atoms with Gasteiger partial charge < -0.3 is 10.8 Å². The summed E-state index contributed by atoms with van der Waals surface area (Å²) in [5, 5.41) is 13.0. The second kappa shape index (κ2) is 5.95. The molecule has 0 radical (unpaired) electrons. The van der Waals surface area contributed by atoms with Gasteiger partial charge in [0.25, 0.3) is 5.91 Å². The normalized spacial score (nSPS) is 9.00. The molecule has 0 saturated heterocycles. The van der Waals surface area contributed by atoms with Crippen molar-refractivity contribution in [1.82, 2.24) is 0 Å². The highest BCUT2D eigenvalue weighted by Crippen LogP contribution is 2.13. The molecule has 1 amide bonds. The highest BCUT2D eigenvalue weighted by Gasteiger charge is 2.03. The molecule has 6 nitrogen and oxygen atoms in total. The SMILES string of the molecule is NC(=O)c1ccccc1O.N[SH](=O)=O. The van der Waals surface area contributed by atoms with E-state index in [1.54, 1.807) is 12.1 Å². The zero-order chi connectivity index (χ0) is 11.1. The number of hydrogen-bond donors (Lipinski definition) is 4. The monoisotopic (exact) mass is 218 g/mol. The van der Waals surface area contributed by atoms with E-state index >= 15 is 0 Å². The van der Waals surface area contributed by atoms with Crippen LogP contribution in [0.5, 0.6) is 5.75 Å². The van der Waals surface area contributed by atoms with Crippen LogP contribution in [0.1, 0.15) is 10.4 Å². The van der Waals surface area contributed by atoms with E-state index in [4.69, 9.17) is 19.3 Å². The molecule has 7 heteroatoms. The van der Waals surface area contributed by atoms with Crippen molar-refractivity contribution in [3.05, 3.63) is 29.8 Å². The summed E-state index contributed by atoms with van der Waals surface area (Å²) in [5.74, 6) is -0.687. The van der Waals surface area contributed by atoms with Gasteiger partial charge >= 0.3 is 0 Å². The number of aromatic hydroxyl groups is 1. The Labute approximate surface area is 82.2 Å². The number of phenols is 1. The fourth-order valence-corrected chi connectivity index (χ4v) is 0.682. The van der Waals surface area contributed by atoms with Gasteiger partial charge in [0, 0.05) is 0 Å². The Balaban J connectivity index is 0.000000364. The van der Waals surface area contributed by atoms with Crippen LogP contribution in [0, 0.1) is 0 Å². The maximum atomic E-state index is 10.5. The van der Waals surface area contributed by atoms with Crippen LogP contribution in [0.3, 0.4) is 0 Å². The quantitative estimate of drug-likeness (QED) is 0.449. The fraction of sp³-hybridized carbons (Fsp3) is 0. The number of benzene rings is 1. The topological polar surface area (TPSA) is 123 Å². The van der Waals surface area contributed by atoms with Crippen molar-refractivity contribution >= 4 is 16.8 Å². The molecular formula is C7H10N2O4S. The predicted octanol–water partition coefficient (Wildman–Crippen LogP) is -1.04.